The molecule has 1 aromatic heterocycles. The predicted octanol–water partition coefficient (Wildman–Crippen LogP) is 0.0818. The van der Waals surface area contributed by atoms with E-state index >= 15 is 0 Å². The minimum Gasteiger partial charge on any atom is -0.465 e. The number of aromatic nitrogens is 2. The minimum absolute atomic E-state index is 0.199. The Balaban J connectivity index is 2.67. The van der Waals surface area contributed by atoms with Crippen LogP contribution in [0, 0.1) is 0 Å². The fourth-order valence-electron chi connectivity index (χ4n) is 0.510. The summed E-state index contributed by atoms with van der Waals surface area (Å²) in [6, 6.07) is 1.38. The van der Waals surface area contributed by atoms with Gasteiger partial charge in [-0.3, -0.25) is 10.4 Å². The number of hydrogen-bond acceptors (Lipinski definition) is 3. The van der Waals surface area contributed by atoms with Crippen LogP contribution < -0.4 is 11.1 Å². The zero-order chi connectivity index (χ0) is 7.56. The Hall–Kier alpha value is -1.72. The van der Waals surface area contributed by atoms with Gasteiger partial charge in [-0.05, 0) is 0 Å². The summed E-state index contributed by atoms with van der Waals surface area (Å²) in [6.07, 6.45) is -1.16. The van der Waals surface area contributed by atoms with Crippen molar-refractivity contribution in [2.24, 2.45) is 0 Å². The number of H-pyrrole nitrogens is 1. The van der Waals surface area contributed by atoms with E-state index in [1.54, 1.807) is 0 Å². The molecule has 0 unspecified atom stereocenters. The van der Waals surface area contributed by atoms with Gasteiger partial charge in [0.1, 0.15) is 5.82 Å². The predicted molar refractivity (Wildman–Crippen MR) is 34.6 cm³/mol. The maximum atomic E-state index is 9.97. The maximum absolute atomic E-state index is 9.97. The molecule has 54 valence electrons. The third-order valence-corrected chi connectivity index (χ3v) is 0.833. The lowest BCUT2D eigenvalue weighted by atomic mass is 10.6. The normalized spacial score (nSPS) is 9.20. The molecule has 0 bridgehead atoms. The van der Waals surface area contributed by atoms with E-state index < -0.39 is 6.09 Å². The van der Waals surface area contributed by atoms with Crippen LogP contribution in [-0.2, 0) is 0 Å². The second kappa shape index (κ2) is 2.26. The highest BCUT2D eigenvalue weighted by atomic mass is 16.4. The molecule has 0 saturated heterocycles. The summed E-state index contributed by atoms with van der Waals surface area (Å²) < 4.78 is 0. The van der Waals surface area contributed by atoms with Crippen LogP contribution in [0.4, 0.5) is 16.4 Å². The van der Waals surface area contributed by atoms with Gasteiger partial charge in [0.2, 0.25) is 0 Å². The van der Waals surface area contributed by atoms with Crippen LogP contribution in [0.2, 0.25) is 0 Å². The lowest BCUT2D eigenvalue weighted by Crippen LogP contribution is -2.07. The molecular weight excluding hydrogens is 136 g/mol. The highest BCUT2D eigenvalue weighted by molar-refractivity contribution is 5.81. The number of nitrogen functional groups attached to an aromatic ring is 1. The second-order valence-electron chi connectivity index (χ2n) is 1.64. The number of anilines is 2. The molecule has 0 saturated carbocycles. The molecule has 10 heavy (non-hydrogen) atoms. The van der Waals surface area contributed by atoms with Crippen molar-refractivity contribution in [2.45, 2.75) is 0 Å². The minimum atomic E-state index is -1.16. The molecule has 0 aromatic carbocycles. The van der Waals surface area contributed by atoms with Gasteiger partial charge in [0, 0.05) is 6.07 Å². The Bertz CT molecular complexity index is 243. The number of aromatic amines is 1. The summed E-state index contributed by atoms with van der Waals surface area (Å²) >= 11 is 0. The van der Waals surface area contributed by atoms with Crippen LogP contribution >= 0.6 is 0 Å². The molecular formula is C4H6N4O2. The van der Waals surface area contributed by atoms with Crippen LogP contribution in [-0.4, -0.2) is 21.4 Å². The number of carboxylic acid groups (broad SMARTS) is 1. The summed E-state index contributed by atoms with van der Waals surface area (Å²) in [4.78, 5) is 9.97. The van der Waals surface area contributed by atoms with Crippen molar-refractivity contribution in [3.05, 3.63) is 6.07 Å². The van der Waals surface area contributed by atoms with E-state index in [1.807, 2.05) is 5.32 Å². The van der Waals surface area contributed by atoms with Crippen LogP contribution in [0.5, 0.6) is 0 Å². The summed E-state index contributed by atoms with van der Waals surface area (Å²) in [7, 11) is 0. The third kappa shape index (κ3) is 1.38. The van der Waals surface area contributed by atoms with Gasteiger partial charge in [0.15, 0.2) is 5.82 Å². The van der Waals surface area contributed by atoms with Gasteiger partial charge in [0.25, 0.3) is 0 Å². The molecule has 6 heteroatoms. The van der Waals surface area contributed by atoms with Gasteiger partial charge in [0.05, 0.1) is 0 Å². The fourth-order valence-corrected chi connectivity index (χ4v) is 0.510. The third-order valence-electron chi connectivity index (χ3n) is 0.833. The molecule has 0 spiro atoms. The van der Waals surface area contributed by atoms with Crippen molar-refractivity contribution >= 4 is 17.7 Å². The number of nitrogens with two attached hydrogens (primary N) is 1. The number of carbonyl (C=O) groups is 1. The fraction of sp³-hybridized carbons (Fsp3) is 0. The number of nitrogens with zero attached hydrogens (tertiary/aromatic N) is 1. The Morgan fingerprint density at radius 2 is 2.60 bits per heavy atom. The molecule has 1 amide bonds. The summed E-state index contributed by atoms with van der Waals surface area (Å²) in [5.41, 5.74) is 5.20. The van der Waals surface area contributed by atoms with E-state index in [0.29, 0.717) is 5.82 Å². The van der Waals surface area contributed by atoms with Crippen LogP contribution in [0.25, 0.3) is 0 Å². The molecule has 0 fully saturated rings. The van der Waals surface area contributed by atoms with Gasteiger partial charge in [-0.25, -0.2) is 4.79 Å². The Morgan fingerprint density at radius 3 is 3.00 bits per heavy atom. The van der Waals surface area contributed by atoms with Crippen molar-refractivity contribution in [1.29, 1.82) is 0 Å². The Labute approximate surface area is 56.0 Å². The molecule has 1 aromatic rings. The average molecular weight is 142 g/mol. The summed E-state index contributed by atoms with van der Waals surface area (Å²) in [6.45, 7) is 0. The number of rotatable bonds is 1. The molecule has 0 aliphatic carbocycles. The quantitative estimate of drug-likeness (QED) is 0.445. The Kier molecular flexibility index (Phi) is 1.44. The molecule has 0 aliphatic heterocycles. The van der Waals surface area contributed by atoms with Gasteiger partial charge in [-0.15, -0.1) is 0 Å². The van der Waals surface area contributed by atoms with Crippen molar-refractivity contribution in [3.8, 4) is 0 Å². The van der Waals surface area contributed by atoms with E-state index in [-0.39, 0.29) is 5.82 Å². The maximum Gasteiger partial charge on any atom is 0.410 e. The van der Waals surface area contributed by atoms with Crippen molar-refractivity contribution in [3.63, 3.8) is 0 Å². The van der Waals surface area contributed by atoms with Gasteiger partial charge >= 0.3 is 6.09 Å². The van der Waals surface area contributed by atoms with Gasteiger partial charge in [-0.1, -0.05) is 0 Å². The molecule has 0 atom stereocenters. The van der Waals surface area contributed by atoms with Gasteiger partial charge in [-0.2, -0.15) is 5.10 Å². The zero-order valence-electron chi connectivity index (χ0n) is 4.96. The molecule has 0 aliphatic rings. The highest BCUT2D eigenvalue weighted by Crippen LogP contribution is 2.04. The molecule has 5 N–H and O–H groups in total. The largest absolute Gasteiger partial charge is 0.465 e. The van der Waals surface area contributed by atoms with Crippen molar-refractivity contribution in [2.75, 3.05) is 11.1 Å². The Morgan fingerprint density at radius 1 is 1.90 bits per heavy atom. The van der Waals surface area contributed by atoms with Crippen LogP contribution in [0.1, 0.15) is 0 Å². The first-order chi connectivity index (χ1) is 4.68. The zero-order valence-corrected chi connectivity index (χ0v) is 4.96. The van der Waals surface area contributed by atoms with Crippen molar-refractivity contribution < 1.29 is 9.90 Å². The highest BCUT2D eigenvalue weighted by Gasteiger charge is 1.99. The molecule has 1 heterocycles. The molecule has 6 nitrogen and oxygen atoms in total. The molecule has 1 rings (SSSR count). The lowest BCUT2D eigenvalue weighted by molar-refractivity contribution is 0.209. The second-order valence-corrected chi connectivity index (χ2v) is 1.64. The first-order valence-electron chi connectivity index (χ1n) is 2.49. The van der Waals surface area contributed by atoms with E-state index in [0.717, 1.165) is 0 Å². The topological polar surface area (TPSA) is 104 Å². The van der Waals surface area contributed by atoms with Gasteiger partial charge < -0.3 is 10.8 Å². The van der Waals surface area contributed by atoms with E-state index in [9.17, 15) is 4.79 Å². The number of hydrogen-bond donors (Lipinski definition) is 4. The monoisotopic (exact) mass is 142 g/mol. The number of nitrogens with one attached hydrogen (secondary N) is 2. The molecule has 0 radical (unpaired) electrons. The first-order valence-corrected chi connectivity index (χ1v) is 2.49. The average Bonchev–Trinajstić information content (AvgIpc) is 2.13. The van der Waals surface area contributed by atoms with E-state index in [2.05, 4.69) is 10.2 Å². The van der Waals surface area contributed by atoms with Crippen LogP contribution in [0.15, 0.2) is 6.07 Å². The number of amides is 1. The SMILES string of the molecule is Nc1cc(NC(=O)O)n[nH]1. The smallest absolute Gasteiger partial charge is 0.410 e. The standard InChI is InChI=1S/C4H6N4O2/c5-2-1-3(8-7-2)6-4(9)10/h1H,(H,9,10)(H4,5,6,7,8). The lowest BCUT2D eigenvalue weighted by Gasteiger charge is -1.89. The van der Waals surface area contributed by atoms with Crippen molar-refractivity contribution in [1.82, 2.24) is 10.2 Å². The summed E-state index contributed by atoms with van der Waals surface area (Å²) in [5.74, 6) is 0.522. The first kappa shape index (κ1) is 6.40. The summed E-state index contributed by atoms with van der Waals surface area (Å²) in [5, 5.41) is 16.1. The van der Waals surface area contributed by atoms with Crippen LogP contribution in [0.3, 0.4) is 0 Å². The van der Waals surface area contributed by atoms with E-state index in [1.165, 1.54) is 6.07 Å². The van der Waals surface area contributed by atoms with E-state index in [4.69, 9.17) is 10.8 Å².